The van der Waals surface area contributed by atoms with Crippen LogP contribution in [0.3, 0.4) is 0 Å². The molecule has 0 saturated carbocycles. The van der Waals surface area contributed by atoms with Crippen molar-refractivity contribution >= 4 is 24.2 Å². The summed E-state index contributed by atoms with van der Waals surface area (Å²) in [7, 11) is 0. The fraction of sp³-hybridized carbons (Fsp3) is 0.333. The van der Waals surface area contributed by atoms with E-state index < -0.39 is 5.66 Å². The molecule has 0 spiro atoms. The number of amidine groups is 1. The summed E-state index contributed by atoms with van der Waals surface area (Å²) in [5.74, 6) is 6.11. The van der Waals surface area contributed by atoms with Crippen LogP contribution in [0.15, 0.2) is 20.0 Å². The highest BCUT2D eigenvalue weighted by molar-refractivity contribution is 6.50. The van der Waals surface area contributed by atoms with Gasteiger partial charge in [0.2, 0.25) is 0 Å². The Bertz CT molecular complexity index is 447. The average molecular weight is 202 g/mol. The molecule has 6 heteroatoms. The van der Waals surface area contributed by atoms with Gasteiger partial charge >= 0.3 is 0 Å². The minimum absolute atomic E-state index is 0.309. The third-order valence-electron chi connectivity index (χ3n) is 2.04. The lowest BCUT2D eigenvalue weighted by Gasteiger charge is -2.24. The highest BCUT2D eigenvalue weighted by atomic mass is 15.2. The first-order chi connectivity index (χ1) is 7.26. The lowest BCUT2D eigenvalue weighted by molar-refractivity contribution is 0.620. The van der Waals surface area contributed by atoms with Crippen molar-refractivity contribution in [3.05, 3.63) is 0 Å². The van der Waals surface area contributed by atoms with Crippen molar-refractivity contribution < 1.29 is 0 Å². The zero-order valence-electron chi connectivity index (χ0n) is 8.01. The van der Waals surface area contributed by atoms with Gasteiger partial charge < -0.3 is 11.5 Å². The number of aliphatic imine (C=N–C) groups is 4. The summed E-state index contributed by atoms with van der Waals surface area (Å²) in [5, 5.41) is 0. The first kappa shape index (κ1) is 9.71. The summed E-state index contributed by atoms with van der Waals surface area (Å²) in [6.45, 7) is 0.309. The molecule has 0 aromatic carbocycles. The number of fused-ring (bicyclic) bond motifs is 1. The van der Waals surface area contributed by atoms with Gasteiger partial charge in [-0.2, -0.15) is 0 Å². The Hall–Kier alpha value is -1.84. The molecule has 0 fully saturated rings. The normalized spacial score (nSPS) is 26.5. The molecule has 6 nitrogen and oxygen atoms in total. The van der Waals surface area contributed by atoms with E-state index >= 15 is 0 Å². The smallest absolute Gasteiger partial charge is 0.180 e. The van der Waals surface area contributed by atoms with Gasteiger partial charge in [0.1, 0.15) is 18.4 Å². The van der Waals surface area contributed by atoms with Crippen LogP contribution in [0.25, 0.3) is 0 Å². The van der Waals surface area contributed by atoms with Gasteiger partial charge in [0.15, 0.2) is 11.5 Å². The van der Waals surface area contributed by atoms with Crippen molar-refractivity contribution in [2.45, 2.75) is 12.1 Å². The van der Waals surface area contributed by atoms with Gasteiger partial charge in [-0.25, -0.2) is 20.0 Å². The van der Waals surface area contributed by atoms with E-state index in [1.807, 2.05) is 0 Å². The van der Waals surface area contributed by atoms with Crippen LogP contribution in [-0.4, -0.2) is 36.4 Å². The number of rotatable bonds is 1. The van der Waals surface area contributed by atoms with Crippen LogP contribution in [0.2, 0.25) is 0 Å². The van der Waals surface area contributed by atoms with Gasteiger partial charge in [-0.15, -0.1) is 0 Å². The summed E-state index contributed by atoms with van der Waals surface area (Å²) in [4.78, 5) is 16.1. The van der Waals surface area contributed by atoms with Crippen molar-refractivity contribution in [2.24, 2.45) is 31.4 Å². The Morgan fingerprint density at radius 1 is 1.27 bits per heavy atom. The van der Waals surface area contributed by atoms with Crippen LogP contribution < -0.4 is 11.5 Å². The third kappa shape index (κ3) is 1.70. The fourth-order valence-corrected chi connectivity index (χ4v) is 1.31. The molecule has 0 aromatic rings. The monoisotopic (exact) mass is 202 g/mol. The zero-order chi connectivity index (χ0) is 10.7. The average Bonchev–Trinajstić information content (AvgIpc) is 2.68. The summed E-state index contributed by atoms with van der Waals surface area (Å²) >= 11 is 0. The molecular formula is C9H10N6. The van der Waals surface area contributed by atoms with E-state index in [9.17, 15) is 0 Å². The van der Waals surface area contributed by atoms with E-state index in [0.29, 0.717) is 24.5 Å². The highest BCUT2D eigenvalue weighted by Gasteiger charge is 2.36. The molecule has 2 aliphatic rings. The maximum absolute atomic E-state index is 6.05. The van der Waals surface area contributed by atoms with Gasteiger partial charge in [0, 0.05) is 0 Å². The van der Waals surface area contributed by atoms with Gasteiger partial charge in [0.25, 0.3) is 0 Å². The maximum Gasteiger partial charge on any atom is 0.180 e. The fourth-order valence-electron chi connectivity index (χ4n) is 1.31. The van der Waals surface area contributed by atoms with E-state index in [2.05, 4.69) is 31.8 Å². The summed E-state index contributed by atoms with van der Waals surface area (Å²) in [5.41, 5.74) is 10.9. The molecule has 0 amide bonds. The SMILES string of the molecule is NCC#CCC1(N)N=CN=C2N=CN=C21. The van der Waals surface area contributed by atoms with Gasteiger partial charge in [-0.1, -0.05) is 11.8 Å². The van der Waals surface area contributed by atoms with Crippen molar-refractivity contribution in [3.8, 4) is 11.8 Å². The second-order valence-corrected chi connectivity index (χ2v) is 3.08. The molecule has 0 bridgehead atoms. The highest BCUT2D eigenvalue weighted by Crippen LogP contribution is 2.17. The Balaban J connectivity index is 2.23. The first-order valence-corrected chi connectivity index (χ1v) is 4.43. The van der Waals surface area contributed by atoms with Crippen LogP contribution in [-0.2, 0) is 0 Å². The summed E-state index contributed by atoms with van der Waals surface area (Å²) in [6, 6.07) is 0. The number of nitrogens with two attached hydrogens (primary N) is 2. The Kier molecular flexibility index (Phi) is 2.41. The van der Waals surface area contributed by atoms with E-state index in [-0.39, 0.29) is 0 Å². The number of nitrogens with zero attached hydrogens (tertiary/aromatic N) is 4. The standard InChI is InChI=1S/C9H10N6/c10-4-2-1-3-9(11)7-8(13-5-12-7)14-6-15-9/h5-6H,3-4,10-11H2. The van der Waals surface area contributed by atoms with Crippen molar-refractivity contribution in [2.75, 3.05) is 6.54 Å². The molecule has 1 atom stereocenters. The van der Waals surface area contributed by atoms with Crippen LogP contribution in [0, 0.1) is 11.8 Å². The van der Waals surface area contributed by atoms with Crippen molar-refractivity contribution in [1.29, 1.82) is 0 Å². The quantitative estimate of drug-likeness (QED) is 0.528. The predicted octanol–water partition coefficient (Wildman–Crippen LogP) is -1.08. The van der Waals surface area contributed by atoms with Crippen LogP contribution >= 0.6 is 0 Å². The maximum atomic E-state index is 6.05. The second kappa shape index (κ2) is 3.73. The molecule has 76 valence electrons. The largest absolute Gasteiger partial charge is 0.320 e. The van der Waals surface area contributed by atoms with Crippen molar-refractivity contribution in [1.82, 2.24) is 0 Å². The predicted molar refractivity (Wildman–Crippen MR) is 60.2 cm³/mol. The first-order valence-electron chi connectivity index (χ1n) is 4.43. The zero-order valence-corrected chi connectivity index (χ0v) is 8.01. The molecule has 1 unspecified atom stereocenters. The molecule has 0 aliphatic carbocycles. The van der Waals surface area contributed by atoms with Gasteiger partial charge in [-0.3, -0.25) is 0 Å². The van der Waals surface area contributed by atoms with Crippen LogP contribution in [0.1, 0.15) is 6.42 Å². The minimum Gasteiger partial charge on any atom is -0.320 e. The number of hydrogen-bond donors (Lipinski definition) is 2. The van der Waals surface area contributed by atoms with Gasteiger partial charge in [-0.05, 0) is 0 Å². The molecule has 0 aromatic heterocycles. The topological polar surface area (TPSA) is 101 Å². The lowest BCUT2D eigenvalue weighted by atomic mass is 10.00. The Morgan fingerprint density at radius 2 is 2.13 bits per heavy atom. The van der Waals surface area contributed by atoms with Crippen LogP contribution in [0.5, 0.6) is 0 Å². The third-order valence-corrected chi connectivity index (χ3v) is 2.04. The molecule has 2 heterocycles. The molecule has 4 N–H and O–H groups in total. The van der Waals surface area contributed by atoms with E-state index in [1.165, 1.54) is 12.7 Å². The molecular weight excluding hydrogens is 192 g/mol. The number of hydrogen-bond acceptors (Lipinski definition) is 6. The Labute approximate surface area is 86.9 Å². The van der Waals surface area contributed by atoms with Gasteiger partial charge in [0.05, 0.1) is 13.0 Å². The lowest BCUT2D eigenvalue weighted by Crippen LogP contribution is -2.50. The molecule has 15 heavy (non-hydrogen) atoms. The molecule has 2 rings (SSSR count). The molecule has 0 radical (unpaired) electrons. The molecule has 2 aliphatic heterocycles. The van der Waals surface area contributed by atoms with E-state index in [1.54, 1.807) is 0 Å². The molecule has 0 saturated heterocycles. The summed E-state index contributed by atoms with van der Waals surface area (Å²) < 4.78 is 0. The van der Waals surface area contributed by atoms with Crippen LogP contribution in [0.4, 0.5) is 0 Å². The summed E-state index contributed by atoms with van der Waals surface area (Å²) in [6.07, 6.45) is 3.17. The Morgan fingerprint density at radius 3 is 2.93 bits per heavy atom. The van der Waals surface area contributed by atoms with Crippen molar-refractivity contribution in [3.63, 3.8) is 0 Å². The van der Waals surface area contributed by atoms with E-state index in [4.69, 9.17) is 11.5 Å². The minimum atomic E-state index is -0.935. The second-order valence-electron chi connectivity index (χ2n) is 3.08. The van der Waals surface area contributed by atoms with E-state index in [0.717, 1.165) is 0 Å².